The van der Waals surface area contributed by atoms with Gasteiger partial charge in [0.15, 0.2) is 0 Å². The number of ketones is 1. The summed E-state index contributed by atoms with van der Waals surface area (Å²) in [5, 5.41) is 9.67. The van der Waals surface area contributed by atoms with Gasteiger partial charge in [-0.25, -0.2) is 4.79 Å². The molecule has 0 saturated carbocycles. The molecule has 28 heavy (non-hydrogen) atoms. The van der Waals surface area contributed by atoms with Gasteiger partial charge in [-0.2, -0.15) is 0 Å². The number of benzene rings is 2. The van der Waals surface area contributed by atoms with E-state index in [0.717, 1.165) is 0 Å². The normalized spacial score (nSPS) is 10.9. The van der Waals surface area contributed by atoms with Crippen LogP contribution < -0.4 is 4.74 Å². The molecule has 0 aliphatic carbocycles. The van der Waals surface area contributed by atoms with E-state index in [9.17, 15) is 14.7 Å². The standard InChI is InChI=1S/C22H18ClNO4/c1-28-18-10-7-16(8-11-18)21(25)20-5-3-13-24(20)12-2-4-15-6-9-17(23)14-19(15)22(26)27/h2-11,13-14H,12H2,1H3,(H,26,27)/b4-2+. The van der Waals surface area contributed by atoms with Gasteiger partial charge in [-0.15, -0.1) is 0 Å². The number of hydrogen-bond donors (Lipinski definition) is 1. The van der Waals surface area contributed by atoms with Gasteiger partial charge in [-0.3, -0.25) is 4.79 Å². The highest BCUT2D eigenvalue weighted by Gasteiger charge is 2.13. The van der Waals surface area contributed by atoms with E-state index in [4.69, 9.17) is 16.3 Å². The van der Waals surface area contributed by atoms with Crippen molar-refractivity contribution in [2.75, 3.05) is 7.11 Å². The fraction of sp³-hybridized carbons (Fsp3) is 0.0909. The maximum absolute atomic E-state index is 12.8. The molecule has 1 aromatic heterocycles. The van der Waals surface area contributed by atoms with Gasteiger partial charge in [0.1, 0.15) is 5.75 Å². The lowest BCUT2D eigenvalue weighted by atomic mass is 10.1. The molecule has 2 aromatic carbocycles. The number of methoxy groups -OCH3 is 1. The van der Waals surface area contributed by atoms with Crippen LogP contribution in [-0.4, -0.2) is 28.5 Å². The monoisotopic (exact) mass is 395 g/mol. The summed E-state index contributed by atoms with van der Waals surface area (Å²) < 4.78 is 6.92. The Morgan fingerprint density at radius 2 is 1.89 bits per heavy atom. The van der Waals surface area contributed by atoms with E-state index in [1.54, 1.807) is 78.6 Å². The number of carbonyl (C=O) groups excluding carboxylic acids is 1. The van der Waals surface area contributed by atoms with Crippen LogP contribution in [0.25, 0.3) is 6.08 Å². The fourth-order valence-electron chi connectivity index (χ4n) is 2.82. The van der Waals surface area contributed by atoms with E-state index in [1.807, 2.05) is 0 Å². The lowest BCUT2D eigenvalue weighted by molar-refractivity contribution is 0.0696. The van der Waals surface area contributed by atoms with E-state index in [1.165, 1.54) is 6.07 Å². The van der Waals surface area contributed by atoms with E-state index >= 15 is 0 Å². The Kier molecular flexibility index (Phi) is 5.96. The van der Waals surface area contributed by atoms with Crippen LogP contribution in [0, 0.1) is 0 Å². The molecule has 3 aromatic rings. The van der Waals surface area contributed by atoms with Crippen LogP contribution in [0.15, 0.2) is 66.9 Å². The second-order valence-electron chi connectivity index (χ2n) is 6.04. The van der Waals surface area contributed by atoms with E-state index in [-0.39, 0.29) is 11.3 Å². The smallest absolute Gasteiger partial charge is 0.336 e. The highest BCUT2D eigenvalue weighted by Crippen LogP contribution is 2.19. The molecule has 0 spiro atoms. The Balaban J connectivity index is 1.78. The van der Waals surface area contributed by atoms with Crippen LogP contribution >= 0.6 is 11.6 Å². The quantitative estimate of drug-likeness (QED) is 0.584. The first-order chi connectivity index (χ1) is 13.5. The molecule has 0 radical (unpaired) electrons. The fourth-order valence-corrected chi connectivity index (χ4v) is 2.99. The van der Waals surface area contributed by atoms with Crippen molar-refractivity contribution in [3.05, 3.63) is 94.3 Å². The largest absolute Gasteiger partial charge is 0.497 e. The van der Waals surface area contributed by atoms with Crippen LogP contribution in [0.5, 0.6) is 5.75 Å². The number of hydrogen-bond acceptors (Lipinski definition) is 3. The molecule has 0 bridgehead atoms. The van der Waals surface area contributed by atoms with Crippen molar-refractivity contribution in [2.45, 2.75) is 6.54 Å². The second kappa shape index (κ2) is 8.59. The minimum atomic E-state index is -1.04. The molecule has 1 N–H and O–H groups in total. The van der Waals surface area contributed by atoms with Crippen LogP contribution in [0.1, 0.15) is 32.0 Å². The summed E-state index contributed by atoms with van der Waals surface area (Å²) >= 11 is 5.87. The summed E-state index contributed by atoms with van der Waals surface area (Å²) in [6.07, 6.45) is 5.32. The van der Waals surface area contributed by atoms with Gasteiger partial charge in [0.2, 0.25) is 5.78 Å². The zero-order chi connectivity index (χ0) is 20.1. The summed E-state index contributed by atoms with van der Waals surface area (Å²) in [6.45, 7) is 0.423. The number of nitrogens with zero attached hydrogens (tertiary/aromatic N) is 1. The molecule has 6 heteroatoms. The number of carboxylic acid groups (broad SMARTS) is 1. The maximum atomic E-state index is 12.8. The van der Waals surface area contributed by atoms with Gasteiger partial charge in [0.25, 0.3) is 0 Å². The first-order valence-electron chi connectivity index (χ1n) is 8.53. The van der Waals surface area contributed by atoms with Gasteiger partial charge >= 0.3 is 5.97 Å². The lowest BCUT2D eigenvalue weighted by Crippen LogP contribution is -2.09. The zero-order valence-electron chi connectivity index (χ0n) is 15.1. The number of carboxylic acids is 1. The van der Waals surface area contributed by atoms with Crippen molar-refractivity contribution >= 4 is 29.4 Å². The Bertz CT molecular complexity index is 1030. The third kappa shape index (κ3) is 4.32. The molecule has 0 amide bonds. The average Bonchev–Trinajstić information content (AvgIpc) is 3.17. The number of allylic oxidation sites excluding steroid dienone is 1. The van der Waals surface area contributed by atoms with E-state index < -0.39 is 5.97 Å². The third-order valence-corrected chi connectivity index (χ3v) is 4.49. The number of carbonyl (C=O) groups is 2. The van der Waals surface area contributed by atoms with Crippen LogP contribution in [0.2, 0.25) is 5.02 Å². The van der Waals surface area contributed by atoms with Crippen molar-refractivity contribution in [3.63, 3.8) is 0 Å². The average molecular weight is 396 g/mol. The Morgan fingerprint density at radius 3 is 2.57 bits per heavy atom. The summed E-state index contributed by atoms with van der Waals surface area (Å²) in [4.78, 5) is 24.1. The Hall–Kier alpha value is -3.31. The number of aromatic nitrogens is 1. The molecule has 0 unspecified atom stereocenters. The van der Waals surface area contributed by atoms with Gasteiger partial charge in [-0.1, -0.05) is 29.8 Å². The zero-order valence-corrected chi connectivity index (χ0v) is 15.9. The maximum Gasteiger partial charge on any atom is 0.336 e. The minimum Gasteiger partial charge on any atom is -0.497 e. The SMILES string of the molecule is COc1ccc(C(=O)c2cccn2C/C=C/c2ccc(Cl)cc2C(=O)O)cc1. The third-order valence-electron chi connectivity index (χ3n) is 4.26. The van der Waals surface area contributed by atoms with Gasteiger partial charge in [-0.05, 0) is 54.1 Å². The molecular formula is C22H18ClNO4. The van der Waals surface area contributed by atoms with Crippen molar-refractivity contribution in [1.29, 1.82) is 0 Å². The lowest BCUT2D eigenvalue weighted by Gasteiger charge is -2.07. The number of halogens is 1. The van der Waals surface area contributed by atoms with Crippen molar-refractivity contribution < 1.29 is 19.4 Å². The highest BCUT2D eigenvalue weighted by atomic mass is 35.5. The van der Waals surface area contributed by atoms with Crippen molar-refractivity contribution in [2.24, 2.45) is 0 Å². The second-order valence-corrected chi connectivity index (χ2v) is 6.48. The van der Waals surface area contributed by atoms with Gasteiger partial charge < -0.3 is 14.4 Å². The van der Waals surface area contributed by atoms with Crippen LogP contribution in [0.4, 0.5) is 0 Å². The molecule has 3 rings (SSSR count). The predicted octanol–water partition coefficient (Wildman–Crippen LogP) is 4.79. The molecule has 1 heterocycles. The van der Waals surface area contributed by atoms with E-state index in [0.29, 0.717) is 34.1 Å². The van der Waals surface area contributed by atoms with Gasteiger partial charge in [0.05, 0.1) is 18.4 Å². The van der Waals surface area contributed by atoms with Crippen molar-refractivity contribution in [1.82, 2.24) is 4.57 Å². The molecule has 0 fully saturated rings. The molecule has 0 aliphatic rings. The summed E-state index contributed by atoms with van der Waals surface area (Å²) in [5.41, 5.74) is 1.79. The van der Waals surface area contributed by atoms with E-state index in [2.05, 4.69) is 0 Å². The first-order valence-corrected chi connectivity index (χ1v) is 8.90. The number of rotatable bonds is 7. The van der Waals surface area contributed by atoms with Crippen LogP contribution in [0.3, 0.4) is 0 Å². The summed E-state index contributed by atoms with van der Waals surface area (Å²) in [7, 11) is 1.57. The molecule has 0 atom stereocenters. The van der Waals surface area contributed by atoms with Crippen LogP contribution in [-0.2, 0) is 6.54 Å². The topological polar surface area (TPSA) is 68.5 Å². The minimum absolute atomic E-state index is 0.0984. The molecule has 0 saturated heterocycles. The Labute approximate surface area is 167 Å². The molecular weight excluding hydrogens is 378 g/mol. The predicted molar refractivity (Wildman–Crippen MR) is 108 cm³/mol. The highest BCUT2D eigenvalue weighted by molar-refractivity contribution is 6.31. The Morgan fingerprint density at radius 1 is 1.14 bits per heavy atom. The summed E-state index contributed by atoms with van der Waals surface area (Å²) in [6, 6.07) is 15.2. The molecule has 142 valence electrons. The number of aromatic carboxylic acids is 1. The molecule has 5 nitrogen and oxygen atoms in total. The van der Waals surface area contributed by atoms with Crippen molar-refractivity contribution in [3.8, 4) is 5.75 Å². The summed E-state index contributed by atoms with van der Waals surface area (Å²) in [5.74, 6) is -0.454. The number of ether oxygens (including phenoxy) is 1. The molecule has 0 aliphatic heterocycles. The van der Waals surface area contributed by atoms with Gasteiger partial charge in [0, 0.05) is 23.3 Å². The first kappa shape index (κ1) is 19.5.